The highest BCUT2D eigenvalue weighted by molar-refractivity contribution is 6.37. The lowest BCUT2D eigenvalue weighted by molar-refractivity contribution is -0.139. The molecule has 1 aromatic rings. The van der Waals surface area contributed by atoms with Crippen LogP contribution in [0.1, 0.15) is 10.4 Å². The molecule has 0 spiro atoms. The number of halogens is 2. The Kier molecular flexibility index (Phi) is 5.60. The van der Waals surface area contributed by atoms with Crippen LogP contribution in [-0.2, 0) is 9.53 Å². The van der Waals surface area contributed by atoms with E-state index in [-0.39, 0.29) is 27.8 Å². The van der Waals surface area contributed by atoms with Gasteiger partial charge in [-0.2, -0.15) is 0 Å². The van der Waals surface area contributed by atoms with Gasteiger partial charge in [0.1, 0.15) is 6.54 Å². The van der Waals surface area contributed by atoms with Gasteiger partial charge < -0.3 is 20.5 Å². The van der Waals surface area contributed by atoms with Gasteiger partial charge in [0.15, 0.2) is 0 Å². The van der Waals surface area contributed by atoms with Gasteiger partial charge in [-0.05, 0) is 12.1 Å². The fourth-order valence-corrected chi connectivity index (χ4v) is 1.79. The van der Waals surface area contributed by atoms with Crippen LogP contribution in [0.15, 0.2) is 12.1 Å². The molecule has 0 saturated heterocycles. The molecule has 108 valence electrons. The topological polar surface area (TPSA) is 105 Å². The molecule has 0 radical (unpaired) electrons. The van der Waals surface area contributed by atoms with E-state index in [0.29, 0.717) is 0 Å². The Hall–Kier alpha value is -1.99. The Morgan fingerprint density at radius 2 is 1.95 bits per heavy atom. The summed E-state index contributed by atoms with van der Waals surface area (Å²) < 4.78 is 4.33. The van der Waals surface area contributed by atoms with E-state index in [1.807, 2.05) is 0 Å². The molecule has 0 atom stereocenters. The van der Waals surface area contributed by atoms with Crippen LogP contribution in [-0.4, -0.2) is 36.7 Å². The highest BCUT2D eigenvalue weighted by Gasteiger charge is 2.17. The summed E-state index contributed by atoms with van der Waals surface area (Å²) in [6, 6.07) is 1.62. The Morgan fingerprint density at radius 1 is 1.30 bits per heavy atom. The summed E-state index contributed by atoms with van der Waals surface area (Å²) in [5.41, 5.74) is -0.387. The lowest BCUT2D eigenvalue weighted by Gasteiger charge is -2.11. The maximum absolute atomic E-state index is 11.5. The third kappa shape index (κ3) is 4.29. The number of carbonyl (C=O) groups is 3. The van der Waals surface area contributed by atoms with Crippen molar-refractivity contribution in [3.05, 3.63) is 27.7 Å². The summed E-state index contributed by atoms with van der Waals surface area (Å²) in [7, 11) is 1.17. The smallest absolute Gasteiger partial charge is 0.337 e. The first kappa shape index (κ1) is 16.1. The highest BCUT2D eigenvalue weighted by atomic mass is 35.5. The second kappa shape index (κ2) is 6.97. The number of urea groups is 1. The number of anilines is 1. The van der Waals surface area contributed by atoms with E-state index in [4.69, 9.17) is 28.3 Å². The molecule has 3 N–H and O–H groups in total. The third-order valence-electron chi connectivity index (χ3n) is 2.14. The van der Waals surface area contributed by atoms with Crippen molar-refractivity contribution in [1.29, 1.82) is 0 Å². The number of carboxylic acids is 1. The Balaban J connectivity index is 2.89. The van der Waals surface area contributed by atoms with Crippen molar-refractivity contribution < 1.29 is 24.2 Å². The molecule has 2 amide bonds. The monoisotopic (exact) mass is 320 g/mol. The van der Waals surface area contributed by atoms with E-state index >= 15 is 0 Å². The Morgan fingerprint density at radius 3 is 2.50 bits per heavy atom. The first-order valence-corrected chi connectivity index (χ1v) is 5.94. The molecule has 0 unspecified atom stereocenters. The van der Waals surface area contributed by atoms with Crippen LogP contribution in [0, 0.1) is 0 Å². The van der Waals surface area contributed by atoms with E-state index in [1.54, 1.807) is 0 Å². The summed E-state index contributed by atoms with van der Waals surface area (Å²) in [4.78, 5) is 33.4. The molecule has 0 aromatic heterocycles. The summed E-state index contributed by atoms with van der Waals surface area (Å²) in [6.07, 6.45) is 0. The van der Waals surface area contributed by atoms with Crippen LogP contribution in [0.2, 0.25) is 10.0 Å². The predicted molar refractivity (Wildman–Crippen MR) is 72.5 cm³/mol. The fourth-order valence-electron chi connectivity index (χ4n) is 1.25. The molecule has 9 heteroatoms. The first-order valence-electron chi connectivity index (χ1n) is 5.19. The molecule has 1 rings (SSSR count). The van der Waals surface area contributed by atoms with Gasteiger partial charge in [0, 0.05) is 5.02 Å². The zero-order valence-electron chi connectivity index (χ0n) is 10.2. The largest absolute Gasteiger partial charge is 0.478 e. The number of ether oxygens (including phenoxy) is 1. The molecule has 0 heterocycles. The molecule has 20 heavy (non-hydrogen) atoms. The zero-order valence-corrected chi connectivity index (χ0v) is 11.7. The minimum absolute atomic E-state index is 0.0388. The molecule has 0 saturated carbocycles. The maximum atomic E-state index is 11.5. The normalized spacial score (nSPS) is 9.75. The average Bonchev–Trinajstić information content (AvgIpc) is 2.38. The average molecular weight is 321 g/mol. The molecule has 0 aliphatic rings. The molecular weight excluding hydrogens is 311 g/mol. The number of esters is 1. The van der Waals surface area contributed by atoms with E-state index in [1.165, 1.54) is 13.2 Å². The number of rotatable bonds is 4. The zero-order chi connectivity index (χ0) is 15.3. The number of carbonyl (C=O) groups excluding carboxylic acids is 2. The number of hydrogen-bond acceptors (Lipinski definition) is 4. The summed E-state index contributed by atoms with van der Waals surface area (Å²) in [5.74, 6) is -1.96. The van der Waals surface area contributed by atoms with Gasteiger partial charge in [-0.3, -0.25) is 4.79 Å². The van der Waals surface area contributed by atoms with Crippen molar-refractivity contribution in [2.45, 2.75) is 0 Å². The van der Waals surface area contributed by atoms with E-state index in [9.17, 15) is 14.4 Å². The first-order chi connectivity index (χ1) is 9.35. The lowest BCUT2D eigenvalue weighted by Crippen LogP contribution is -2.34. The number of methoxy groups -OCH3 is 1. The predicted octanol–water partition coefficient (Wildman–Crippen LogP) is 1.99. The van der Waals surface area contributed by atoms with Gasteiger partial charge in [-0.1, -0.05) is 23.2 Å². The summed E-state index contributed by atoms with van der Waals surface area (Å²) in [6.45, 7) is -0.365. The quantitative estimate of drug-likeness (QED) is 0.736. The molecule has 1 aromatic carbocycles. The molecule has 0 aliphatic heterocycles. The fraction of sp³-hybridized carbons (Fsp3) is 0.182. The number of carboxylic acid groups (broad SMARTS) is 1. The van der Waals surface area contributed by atoms with Crippen molar-refractivity contribution in [2.24, 2.45) is 0 Å². The molecule has 0 bridgehead atoms. The molecule has 0 aliphatic carbocycles. The number of amides is 2. The van der Waals surface area contributed by atoms with Gasteiger partial charge in [-0.15, -0.1) is 0 Å². The molecule has 0 fully saturated rings. The minimum Gasteiger partial charge on any atom is -0.478 e. The SMILES string of the molecule is COC(=O)CNC(=O)Nc1c(Cl)cc(Cl)cc1C(=O)O. The summed E-state index contributed by atoms with van der Waals surface area (Å²) >= 11 is 11.5. The van der Waals surface area contributed by atoms with Crippen molar-refractivity contribution in [3.8, 4) is 0 Å². The number of hydrogen-bond donors (Lipinski definition) is 3. The van der Waals surface area contributed by atoms with Crippen molar-refractivity contribution >= 4 is 46.9 Å². The molecule has 7 nitrogen and oxygen atoms in total. The highest BCUT2D eigenvalue weighted by Crippen LogP contribution is 2.30. The Labute approximate surface area is 123 Å². The van der Waals surface area contributed by atoms with E-state index < -0.39 is 18.0 Å². The third-order valence-corrected chi connectivity index (χ3v) is 2.66. The van der Waals surface area contributed by atoms with Gasteiger partial charge in [0.2, 0.25) is 0 Å². The molecular formula is C11H10Cl2N2O5. The van der Waals surface area contributed by atoms with Crippen molar-refractivity contribution in [1.82, 2.24) is 5.32 Å². The van der Waals surface area contributed by atoms with Gasteiger partial charge in [-0.25, -0.2) is 9.59 Å². The van der Waals surface area contributed by atoms with Crippen molar-refractivity contribution in [3.63, 3.8) is 0 Å². The van der Waals surface area contributed by atoms with Crippen LogP contribution < -0.4 is 10.6 Å². The van der Waals surface area contributed by atoms with Gasteiger partial charge >= 0.3 is 18.0 Å². The van der Waals surface area contributed by atoms with Crippen LogP contribution in [0.3, 0.4) is 0 Å². The van der Waals surface area contributed by atoms with Crippen LogP contribution in [0.25, 0.3) is 0 Å². The van der Waals surface area contributed by atoms with E-state index in [0.717, 1.165) is 6.07 Å². The van der Waals surface area contributed by atoms with E-state index in [2.05, 4.69) is 15.4 Å². The number of nitrogens with one attached hydrogen (secondary N) is 2. The van der Waals surface area contributed by atoms with Crippen molar-refractivity contribution in [2.75, 3.05) is 19.0 Å². The van der Waals surface area contributed by atoms with Gasteiger partial charge in [0.25, 0.3) is 0 Å². The Bertz CT molecular complexity index is 562. The second-order valence-electron chi connectivity index (χ2n) is 3.50. The second-order valence-corrected chi connectivity index (χ2v) is 4.34. The maximum Gasteiger partial charge on any atom is 0.337 e. The lowest BCUT2D eigenvalue weighted by atomic mass is 10.2. The van der Waals surface area contributed by atoms with Crippen LogP contribution in [0.4, 0.5) is 10.5 Å². The number of aromatic carboxylic acids is 1. The summed E-state index contributed by atoms with van der Waals surface area (Å²) in [5, 5.41) is 13.5. The van der Waals surface area contributed by atoms with Crippen LogP contribution >= 0.6 is 23.2 Å². The van der Waals surface area contributed by atoms with Crippen LogP contribution in [0.5, 0.6) is 0 Å². The number of benzene rings is 1. The standard InChI is InChI=1S/C11H10Cl2N2O5/c1-20-8(16)4-14-11(19)15-9-6(10(17)18)2-5(12)3-7(9)13/h2-3H,4H2,1H3,(H,17,18)(H2,14,15,19). The van der Waals surface area contributed by atoms with Gasteiger partial charge in [0.05, 0.1) is 23.4 Å². The minimum atomic E-state index is -1.31.